The van der Waals surface area contributed by atoms with Crippen LogP contribution in [0.15, 0.2) is 24.3 Å². The zero-order valence-electron chi connectivity index (χ0n) is 16.8. The van der Waals surface area contributed by atoms with E-state index in [-0.39, 0.29) is 30.9 Å². The highest BCUT2D eigenvalue weighted by Gasteiger charge is 2.16. The summed E-state index contributed by atoms with van der Waals surface area (Å²) >= 11 is 0. The molecule has 0 saturated heterocycles. The lowest BCUT2D eigenvalue weighted by Gasteiger charge is -2.19. The van der Waals surface area contributed by atoms with Crippen molar-refractivity contribution < 1.29 is 19.2 Å². The molecule has 0 unspecified atom stereocenters. The van der Waals surface area contributed by atoms with E-state index in [9.17, 15) is 19.2 Å². The van der Waals surface area contributed by atoms with Crippen LogP contribution in [-0.4, -0.2) is 54.3 Å². The summed E-state index contributed by atoms with van der Waals surface area (Å²) in [5.74, 6) is -0.937. The monoisotopic (exact) mass is 391 g/mol. The Morgan fingerprint density at radius 1 is 0.929 bits per heavy atom. The van der Waals surface area contributed by atoms with Gasteiger partial charge in [0.05, 0.1) is 13.1 Å². The Morgan fingerprint density at radius 2 is 1.46 bits per heavy atom. The number of imide groups is 1. The summed E-state index contributed by atoms with van der Waals surface area (Å²) in [7, 11) is 0. The number of hydrogen-bond acceptors (Lipinski definition) is 5. The van der Waals surface area contributed by atoms with Crippen LogP contribution < -0.4 is 21.3 Å². The third-order valence-corrected chi connectivity index (χ3v) is 3.91. The number of likely N-dealkylation sites (N-methyl/N-ethyl adjacent to an activating group) is 1. The Bertz CT molecular complexity index is 690. The van der Waals surface area contributed by atoms with Gasteiger partial charge in [0.1, 0.15) is 0 Å². The van der Waals surface area contributed by atoms with Crippen LogP contribution in [0.3, 0.4) is 0 Å². The molecule has 9 nitrogen and oxygen atoms in total. The van der Waals surface area contributed by atoms with Gasteiger partial charge in [-0.15, -0.1) is 0 Å². The summed E-state index contributed by atoms with van der Waals surface area (Å²) in [4.78, 5) is 48.5. The maximum absolute atomic E-state index is 12.2. The Morgan fingerprint density at radius 3 is 1.96 bits per heavy atom. The van der Waals surface area contributed by atoms with Crippen LogP contribution in [0, 0.1) is 0 Å². The average molecular weight is 391 g/mol. The minimum Gasteiger partial charge on any atom is -0.335 e. The molecule has 1 aromatic carbocycles. The van der Waals surface area contributed by atoms with E-state index in [0.29, 0.717) is 17.9 Å². The third-order valence-electron chi connectivity index (χ3n) is 3.91. The predicted molar refractivity (Wildman–Crippen MR) is 108 cm³/mol. The lowest BCUT2D eigenvalue weighted by molar-refractivity contribution is -0.122. The second kappa shape index (κ2) is 11.7. The molecular formula is C19H29N5O4. The largest absolute Gasteiger partial charge is 0.335 e. The van der Waals surface area contributed by atoms with Crippen molar-refractivity contribution in [3.8, 4) is 0 Å². The number of hydrogen-bond donors (Lipinski definition) is 4. The Hall–Kier alpha value is -2.94. The number of nitrogens with zero attached hydrogens (tertiary/aromatic N) is 1. The molecule has 0 aromatic heterocycles. The minimum absolute atomic E-state index is 0.00431. The van der Waals surface area contributed by atoms with E-state index in [1.165, 1.54) is 6.92 Å². The van der Waals surface area contributed by atoms with Gasteiger partial charge in [-0.1, -0.05) is 13.8 Å². The SMILES string of the molecule is CC[C@H](C)NC(=O)NC(=O)CN(CC)CC(=O)Nc1ccc(NC(C)=O)cc1. The fourth-order valence-electron chi connectivity index (χ4n) is 2.25. The molecule has 0 heterocycles. The highest BCUT2D eigenvalue weighted by atomic mass is 16.2. The highest BCUT2D eigenvalue weighted by molar-refractivity contribution is 5.96. The summed E-state index contributed by atoms with van der Waals surface area (Å²) in [6.45, 7) is 7.41. The number of rotatable bonds is 9. The molecule has 154 valence electrons. The molecule has 0 radical (unpaired) electrons. The summed E-state index contributed by atoms with van der Waals surface area (Å²) in [5, 5.41) is 10.3. The van der Waals surface area contributed by atoms with Crippen molar-refractivity contribution in [2.75, 3.05) is 30.3 Å². The Kier molecular flexibility index (Phi) is 9.66. The van der Waals surface area contributed by atoms with Crippen molar-refractivity contribution in [3.63, 3.8) is 0 Å². The maximum Gasteiger partial charge on any atom is 0.321 e. The fraction of sp³-hybridized carbons (Fsp3) is 0.474. The number of nitrogens with one attached hydrogen (secondary N) is 4. The van der Waals surface area contributed by atoms with Gasteiger partial charge in [-0.25, -0.2) is 4.79 Å². The number of amides is 5. The standard InChI is InChI=1S/C19H29N5O4/c1-5-13(3)20-19(28)23-18(27)12-24(6-2)11-17(26)22-16-9-7-15(8-10-16)21-14(4)25/h7-10,13H,5-6,11-12H2,1-4H3,(H,21,25)(H,22,26)(H2,20,23,27,28)/t13-/m0/s1. The fourth-order valence-corrected chi connectivity index (χ4v) is 2.25. The second-order valence-electron chi connectivity index (χ2n) is 6.44. The van der Waals surface area contributed by atoms with E-state index < -0.39 is 11.9 Å². The molecule has 4 N–H and O–H groups in total. The first kappa shape index (κ1) is 23.1. The molecular weight excluding hydrogens is 362 g/mol. The van der Waals surface area contributed by atoms with E-state index in [1.807, 2.05) is 20.8 Å². The average Bonchev–Trinajstić information content (AvgIpc) is 2.61. The van der Waals surface area contributed by atoms with Crippen LogP contribution in [0.2, 0.25) is 0 Å². The summed E-state index contributed by atoms with van der Waals surface area (Å²) in [6, 6.07) is 6.13. The molecule has 0 spiro atoms. The second-order valence-corrected chi connectivity index (χ2v) is 6.44. The van der Waals surface area contributed by atoms with Crippen LogP contribution in [0.25, 0.3) is 0 Å². The Balaban J connectivity index is 2.48. The van der Waals surface area contributed by atoms with Crippen LogP contribution >= 0.6 is 0 Å². The molecule has 1 aromatic rings. The molecule has 0 aliphatic rings. The first-order chi connectivity index (χ1) is 13.2. The Labute approximate surface area is 165 Å². The lowest BCUT2D eigenvalue weighted by atomic mass is 10.2. The first-order valence-electron chi connectivity index (χ1n) is 9.23. The topological polar surface area (TPSA) is 120 Å². The normalized spacial score (nSPS) is 11.5. The predicted octanol–water partition coefficient (Wildman–Crippen LogP) is 1.53. The van der Waals surface area contributed by atoms with Crippen LogP contribution in [0.1, 0.15) is 34.1 Å². The number of carbonyl (C=O) groups is 4. The van der Waals surface area contributed by atoms with Crippen molar-refractivity contribution >= 4 is 35.1 Å². The molecule has 9 heteroatoms. The molecule has 0 bridgehead atoms. The van der Waals surface area contributed by atoms with Gasteiger partial charge in [-0.05, 0) is 44.2 Å². The van der Waals surface area contributed by atoms with Crippen molar-refractivity contribution in [1.29, 1.82) is 0 Å². The van der Waals surface area contributed by atoms with Gasteiger partial charge in [-0.2, -0.15) is 0 Å². The number of anilines is 2. The number of urea groups is 1. The number of benzene rings is 1. The molecule has 0 saturated carbocycles. The molecule has 1 atom stereocenters. The van der Waals surface area contributed by atoms with Gasteiger partial charge in [0.2, 0.25) is 17.7 Å². The van der Waals surface area contributed by atoms with Crippen LogP contribution in [0.5, 0.6) is 0 Å². The van der Waals surface area contributed by atoms with E-state index >= 15 is 0 Å². The zero-order valence-corrected chi connectivity index (χ0v) is 16.8. The summed E-state index contributed by atoms with van der Waals surface area (Å²) in [5.41, 5.74) is 1.21. The molecule has 0 aliphatic heterocycles. The quantitative estimate of drug-likeness (QED) is 0.509. The van der Waals surface area contributed by atoms with Gasteiger partial charge >= 0.3 is 6.03 Å². The van der Waals surface area contributed by atoms with Crippen molar-refractivity contribution in [1.82, 2.24) is 15.5 Å². The molecule has 1 rings (SSSR count). The number of carbonyl (C=O) groups excluding carboxylic acids is 4. The van der Waals surface area contributed by atoms with E-state index in [2.05, 4.69) is 21.3 Å². The summed E-state index contributed by atoms with van der Waals surface area (Å²) in [6.07, 6.45) is 0.759. The van der Waals surface area contributed by atoms with E-state index in [0.717, 1.165) is 6.42 Å². The molecule has 0 fully saturated rings. The molecule has 0 aliphatic carbocycles. The van der Waals surface area contributed by atoms with Crippen LogP contribution in [-0.2, 0) is 14.4 Å². The molecule has 28 heavy (non-hydrogen) atoms. The summed E-state index contributed by atoms with van der Waals surface area (Å²) < 4.78 is 0. The molecule has 5 amide bonds. The smallest absolute Gasteiger partial charge is 0.321 e. The van der Waals surface area contributed by atoms with Gasteiger partial charge in [0.15, 0.2) is 0 Å². The van der Waals surface area contributed by atoms with Gasteiger partial charge in [-0.3, -0.25) is 24.6 Å². The van der Waals surface area contributed by atoms with Gasteiger partial charge in [0, 0.05) is 24.3 Å². The van der Waals surface area contributed by atoms with Gasteiger partial charge in [0.25, 0.3) is 0 Å². The van der Waals surface area contributed by atoms with Crippen LogP contribution in [0.4, 0.5) is 16.2 Å². The van der Waals surface area contributed by atoms with Crippen molar-refractivity contribution in [2.24, 2.45) is 0 Å². The van der Waals surface area contributed by atoms with Gasteiger partial charge < -0.3 is 16.0 Å². The first-order valence-corrected chi connectivity index (χ1v) is 9.23. The highest BCUT2D eigenvalue weighted by Crippen LogP contribution is 2.13. The minimum atomic E-state index is -0.542. The van der Waals surface area contributed by atoms with E-state index in [1.54, 1.807) is 29.2 Å². The van der Waals surface area contributed by atoms with Crippen molar-refractivity contribution in [3.05, 3.63) is 24.3 Å². The van der Waals surface area contributed by atoms with E-state index in [4.69, 9.17) is 0 Å². The van der Waals surface area contributed by atoms with Crippen molar-refractivity contribution in [2.45, 2.75) is 40.2 Å². The lowest BCUT2D eigenvalue weighted by Crippen LogP contribution is -2.47. The maximum atomic E-state index is 12.2. The third kappa shape index (κ3) is 9.13. The zero-order chi connectivity index (χ0) is 21.1.